The molecule has 0 spiro atoms. The molecule has 0 N–H and O–H groups in total. The van der Waals surface area contributed by atoms with Gasteiger partial charge in [-0.05, 0) is 43.0 Å². The molecule has 0 saturated carbocycles. The zero-order valence-electron chi connectivity index (χ0n) is 11.6. The van der Waals surface area contributed by atoms with Crippen molar-refractivity contribution in [2.45, 2.75) is 25.7 Å². The third-order valence-corrected chi connectivity index (χ3v) is 4.17. The van der Waals surface area contributed by atoms with Crippen molar-refractivity contribution < 1.29 is 13.9 Å². The zero-order chi connectivity index (χ0) is 14.6. The molecule has 2 rings (SSSR count). The first-order valence-electron chi connectivity index (χ1n) is 6.52. The Morgan fingerprint density at radius 3 is 2.75 bits per heavy atom. The van der Waals surface area contributed by atoms with Gasteiger partial charge >= 0.3 is 5.97 Å². The number of carbonyl (C=O) groups excluding carboxylic acids is 1. The van der Waals surface area contributed by atoms with Gasteiger partial charge in [-0.15, -0.1) is 11.3 Å². The third kappa shape index (κ3) is 3.07. The van der Waals surface area contributed by atoms with E-state index in [2.05, 4.69) is 0 Å². The van der Waals surface area contributed by atoms with Gasteiger partial charge in [0.25, 0.3) is 0 Å². The summed E-state index contributed by atoms with van der Waals surface area (Å²) >= 11 is 1.58. The highest BCUT2D eigenvalue weighted by molar-refractivity contribution is 7.09. The van der Waals surface area contributed by atoms with Crippen LogP contribution in [0.1, 0.15) is 24.3 Å². The van der Waals surface area contributed by atoms with Crippen molar-refractivity contribution in [1.82, 2.24) is 0 Å². The summed E-state index contributed by atoms with van der Waals surface area (Å²) in [5.74, 6) is -0.664. The number of halogens is 1. The number of benzene rings is 1. The number of hydrogen-bond acceptors (Lipinski definition) is 3. The second-order valence-electron chi connectivity index (χ2n) is 4.82. The molecular weight excluding hydrogens is 275 g/mol. The van der Waals surface area contributed by atoms with E-state index < -0.39 is 5.41 Å². The number of ether oxygens (including phenoxy) is 1. The van der Waals surface area contributed by atoms with Crippen molar-refractivity contribution >= 4 is 17.3 Å². The fourth-order valence-corrected chi connectivity index (χ4v) is 3.04. The van der Waals surface area contributed by atoms with Gasteiger partial charge < -0.3 is 4.74 Å². The molecule has 2 nitrogen and oxygen atoms in total. The highest BCUT2D eigenvalue weighted by atomic mass is 32.1. The van der Waals surface area contributed by atoms with Crippen LogP contribution >= 0.6 is 11.3 Å². The van der Waals surface area contributed by atoms with Gasteiger partial charge in [-0.3, -0.25) is 4.79 Å². The Bertz CT molecular complexity index is 580. The van der Waals surface area contributed by atoms with E-state index in [1.54, 1.807) is 37.3 Å². The molecule has 1 atom stereocenters. The topological polar surface area (TPSA) is 26.3 Å². The molecule has 0 aliphatic heterocycles. The highest BCUT2D eigenvalue weighted by Crippen LogP contribution is 2.31. The SMILES string of the molecule is CCOC(=O)C(C)(Cc1cccs1)c1cccc(F)c1. The van der Waals surface area contributed by atoms with Crippen LogP contribution in [0.4, 0.5) is 4.39 Å². The van der Waals surface area contributed by atoms with Crippen molar-refractivity contribution in [2.24, 2.45) is 0 Å². The number of carbonyl (C=O) groups is 1. The largest absolute Gasteiger partial charge is 0.465 e. The van der Waals surface area contributed by atoms with E-state index in [0.29, 0.717) is 18.6 Å². The Morgan fingerprint density at radius 2 is 2.15 bits per heavy atom. The lowest BCUT2D eigenvalue weighted by Crippen LogP contribution is -2.36. The number of thiophene rings is 1. The molecule has 106 valence electrons. The summed E-state index contributed by atoms with van der Waals surface area (Å²) in [6, 6.07) is 10.1. The molecule has 0 saturated heterocycles. The van der Waals surface area contributed by atoms with E-state index in [1.807, 2.05) is 17.5 Å². The maximum Gasteiger partial charge on any atom is 0.316 e. The molecule has 2 aromatic rings. The van der Waals surface area contributed by atoms with Gasteiger partial charge in [0, 0.05) is 11.3 Å². The minimum atomic E-state index is -0.872. The minimum Gasteiger partial charge on any atom is -0.465 e. The second kappa shape index (κ2) is 6.18. The molecule has 1 heterocycles. The van der Waals surface area contributed by atoms with Gasteiger partial charge in [-0.2, -0.15) is 0 Å². The summed E-state index contributed by atoms with van der Waals surface area (Å²) in [6.07, 6.45) is 0.507. The maximum atomic E-state index is 13.5. The van der Waals surface area contributed by atoms with Crippen molar-refractivity contribution in [1.29, 1.82) is 0 Å². The number of hydrogen-bond donors (Lipinski definition) is 0. The summed E-state index contributed by atoms with van der Waals surface area (Å²) in [6.45, 7) is 3.89. The van der Waals surface area contributed by atoms with Gasteiger partial charge in [0.05, 0.1) is 12.0 Å². The normalized spacial score (nSPS) is 13.8. The fraction of sp³-hybridized carbons (Fsp3) is 0.312. The maximum absolute atomic E-state index is 13.5. The standard InChI is InChI=1S/C16H17FO2S/c1-3-19-15(18)16(2,11-14-8-5-9-20-14)12-6-4-7-13(17)10-12/h4-10H,3,11H2,1-2H3. The van der Waals surface area contributed by atoms with E-state index in [4.69, 9.17) is 4.74 Å². The predicted octanol–water partition coefficient (Wildman–Crippen LogP) is 3.95. The van der Waals surface area contributed by atoms with E-state index >= 15 is 0 Å². The predicted molar refractivity (Wildman–Crippen MR) is 78.4 cm³/mol. The summed E-state index contributed by atoms with van der Waals surface area (Å²) < 4.78 is 18.7. The quantitative estimate of drug-likeness (QED) is 0.780. The molecule has 0 amide bonds. The van der Waals surface area contributed by atoms with Gasteiger partial charge in [0.1, 0.15) is 5.82 Å². The van der Waals surface area contributed by atoms with Crippen LogP contribution in [-0.4, -0.2) is 12.6 Å². The molecule has 1 aromatic heterocycles. The van der Waals surface area contributed by atoms with Crippen molar-refractivity contribution in [3.05, 3.63) is 58.0 Å². The van der Waals surface area contributed by atoms with Crippen LogP contribution in [0.3, 0.4) is 0 Å². The number of esters is 1. The van der Waals surface area contributed by atoms with E-state index in [1.165, 1.54) is 12.1 Å². The first-order chi connectivity index (χ1) is 9.56. The van der Waals surface area contributed by atoms with E-state index in [9.17, 15) is 9.18 Å². The zero-order valence-corrected chi connectivity index (χ0v) is 12.4. The molecule has 0 aliphatic rings. The average Bonchev–Trinajstić information content (AvgIpc) is 2.91. The molecule has 4 heteroatoms. The summed E-state index contributed by atoms with van der Waals surface area (Å²) in [5.41, 5.74) is -0.229. The first kappa shape index (κ1) is 14.7. The van der Waals surface area contributed by atoms with Gasteiger partial charge in [0.15, 0.2) is 0 Å². The lowest BCUT2D eigenvalue weighted by molar-refractivity contribution is -0.149. The van der Waals surface area contributed by atoms with Crippen LogP contribution in [0.5, 0.6) is 0 Å². The van der Waals surface area contributed by atoms with Crippen LogP contribution in [0.2, 0.25) is 0 Å². The molecule has 1 unspecified atom stereocenters. The summed E-state index contributed by atoms with van der Waals surface area (Å²) in [4.78, 5) is 13.4. The Kier molecular flexibility index (Phi) is 4.55. The molecule has 20 heavy (non-hydrogen) atoms. The second-order valence-corrected chi connectivity index (χ2v) is 5.85. The third-order valence-electron chi connectivity index (χ3n) is 3.30. The molecule has 0 radical (unpaired) electrons. The molecule has 0 fully saturated rings. The van der Waals surface area contributed by atoms with Crippen LogP contribution in [0.25, 0.3) is 0 Å². The summed E-state index contributed by atoms with van der Waals surface area (Å²) in [5, 5.41) is 1.96. The molecule has 1 aromatic carbocycles. The minimum absolute atomic E-state index is 0.314. The lowest BCUT2D eigenvalue weighted by atomic mass is 9.79. The average molecular weight is 292 g/mol. The van der Waals surface area contributed by atoms with Crippen molar-refractivity contribution in [3.63, 3.8) is 0 Å². The van der Waals surface area contributed by atoms with Crippen molar-refractivity contribution in [2.75, 3.05) is 6.61 Å². The first-order valence-corrected chi connectivity index (χ1v) is 7.40. The van der Waals surface area contributed by atoms with E-state index in [0.717, 1.165) is 4.88 Å². The van der Waals surface area contributed by atoms with Gasteiger partial charge in [0.2, 0.25) is 0 Å². The highest BCUT2D eigenvalue weighted by Gasteiger charge is 2.37. The molecular formula is C16H17FO2S. The van der Waals surface area contributed by atoms with Crippen molar-refractivity contribution in [3.8, 4) is 0 Å². The van der Waals surface area contributed by atoms with E-state index in [-0.39, 0.29) is 11.8 Å². The lowest BCUT2D eigenvalue weighted by Gasteiger charge is -2.27. The van der Waals surface area contributed by atoms with Gasteiger partial charge in [-0.1, -0.05) is 18.2 Å². The van der Waals surface area contributed by atoms with Gasteiger partial charge in [-0.25, -0.2) is 4.39 Å². The summed E-state index contributed by atoms with van der Waals surface area (Å²) in [7, 11) is 0. The van der Waals surface area contributed by atoms with Crippen LogP contribution in [-0.2, 0) is 21.4 Å². The molecule has 0 aliphatic carbocycles. The fourth-order valence-electron chi connectivity index (χ4n) is 2.18. The molecule has 0 bridgehead atoms. The Labute approximate surface area is 122 Å². The van der Waals surface area contributed by atoms with Crippen LogP contribution in [0, 0.1) is 5.82 Å². The van der Waals surface area contributed by atoms with Crippen LogP contribution in [0.15, 0.2) is 41.8 Å². The van der Waals surface area contributed by atoms with Crippen LogP contribution < -0.4 is 0 Å². The monoisotopic (exact) mass is 292 g/mol. The Morgan fingerprint density at radius 1 is 1.35 bits per heavy atom. The Balaban J connectivity index is 2.40. The number of rotatable bonds is 5. The smallest absolute Gasteiger partial charge is 0.316 e. The Hall–Kier alpha value is -1.68.